The molecule has 0 spiro atoms. The number of hydrogen-bond donors (Lipinski definition) is 1. The lowest BCUT2D eigenvalue weighted by Crippen LogP contribution is -2.41. The largest absolute Gasteiger partial charge is 0.456 e. The molecular formula is C23H26N2O5. The van der Waals surface area contributed by atoms with Crippen LogP contribution in [0.25, 0.3) is 10.8 Å². The van der Waals surface area contributed by atoms with Gasteiger partial charge in [-0.05, 0) is 30.4 Å². The molecule has 0 saturated carbocycles. The van der Waals surface area contributed by atoms with Crippen molar-refractivity contribution in [2.24, 2.45) is 0 Å². The van der Waals surface area contributed by atoms with Crippen molar-refractivity contribution < 1.29 is 23.9 Å². The summed E-state index contributed by atoms with van der Waals surface area (Å²) in [5, 5.41) is 4.22. The van der Waals surface area contributed by atoms with Crippen LogP contribution in [0, 0.1) is 0 Å². The monoisotopic (exact) mass is 410 g/mol. The van der Waals surface area contributed by atoms with Crippen molar-refractivity contribution in [2.45, 2.75) is 39.0 Å². The summed E-state index contributed by atoms with van der Waals surface area (Å²) >= 11 is 0. The molecule has 3 amide bonds. The Morgan fingerprint density at radius 3 is 2.27 bits per heavy atom. The number of carbonyl (C=O) groups is 4. The first kappa shape index (κ1) is 21.5. The predicted molar refractivity (Wildman–Crippen MR) is 112 cm³/mol. The van der Waals surface area contributed by atoms with E-state index >= 15 is 0 Å². The van der Waals surface area contributed by atoms with E-state index in [2.05, 4.69) is 12.2 Å². The summed E-state index contributed by atoms with van der Waals surface area (Å²) < 4.78 is 4.97. The molecule has 7 heteroatoms. The molecule has 3 rings (SSSR count). The quantitative estimate of drug-likeness (QED) is 0.369. The average Bonchev–Trinajstić information content (AvgIpc) is 2.75. The highest BCUT2D eigenvalue weighted by Crippen LogP contribution is 2.30. The first-order valence-electron chi connectivity index (χ1n) is 10.3. The number of rotatable bonds is 10. The van der Waals surface area contributed by atoms with Crippen LogP contribution in [0.3, 0.4) is 0 Å². The molecule has 158 valence electrons. The van der Waals surface area contributed by atoms with E-state index < -0.39 is 5.97 Å². The van der Waals surface area contributed by atoms with Gasteiger partial charge in [-0.15, -0.1) is 0 Å². The third-order valence-electron chi connectivity index (χ3n) is 5.09. The van der Waals surface area contributed by atoms with Crippen LogP contribution in [0.5, 0.6) is 0 Å². The van der Waals surface area contributed by atoms with Gasteiger partial charge in [-0.1, -0.05) is 44.0 Å². The van der Waals surface area contributed by atoms with Gasteiger partial charge in [0.2, 0.25) is 0 Å². The maximum absolute atomic E-state index is 12.8. The lowest BCUT2D eigenvalue weighted by molar-refractivity contribution is -0.148. The van der Waals surface area contributed by atoms with Crippen molar-refractivity contribution in [3.8, 4) is 0 Å². The lowest BCUT2D eigenvalue weighted by Gasteiger charge is -2.27. The SMILES string of the molecule is CCCCCNC(=O)COC(=O)CCCN1C(=O)c2cccc3cccc(c23)C1=O. The van der Waals surface area contributed by atoms with E-state index in [0.29, 0.717) is 23.1 Å². The first-order chi connectivity index (χ1) is 14.5. The van der Waals surface area contributed by atoms with Crippen LogP contribution in [0.1, 0.15) is 59.7 Å². The fraction of sp³-hybridized carbons (Fsp3) is 0.391. The van der Waals surface area contributed by atoms with Crippen LogP contribution in [-0.2, 0) is 14.3 Å². The summed E-state index contributed by atoms with van der Waals surface area (Å²) in [6.45, 7) is 2.44. The molecule has 1 heterocycles. The number of carbonyl (C=O) groups excluding carboxylic acids is 4. The third-order valence-corrected chi connectivity index (χ3v) is 5.09. The van der Waals surface area contributed by atoms with Crippen molar-refractivity contribution in [1.82, 2.24) is 10.2 Å². The summed E-state index contributed by atoms with van der Waals surface area (Å²) in [7, 11) is 0. The van der Waals surface area contributed by atoms with Crippen molar-refractivity contribution in [2.75, 3.05) is 19.7 Å². The number of unbranched alkanes of at least 4 members (excludes halogenated alkanes) is 2. The minimum Gasteiger partial charge on any atom is -0.456 e. The summed E-state index contributed by atoms with van der Waals surface area (Å²) in [5.41, 5.74) is 0.982. The smallest absolute Gasteiger partial charge is 0.306 e. The normalized spacial score (nSPS) is 12.9. The molecular weight excluding hydrogens is 384 g/mol. The Morgan fingerprint density at radius 1 is 0.967 bits per heavy atom. The molecule has 0 unspecified atom stereocenters. The zero-order valence-corrected chi connectivity index (χ0v) is 17.1. The van der Waals surface area contributed by atoms with Gasteiger partial charge in [0.05, 0.1) is 0 Å². The molecule has 0 bridgehead atoms. The number of nitrogens with one attached hydrogen (secondary N) is 1. The number of imide groups is 1. The van der Waals surface area contributed by atoms with Crippen LogP contribution in [0.15, 0.2) is 36.4 Å². The predicted octanol–water partition coefficient (Wildman–Crippen LogP) is 3.07. The minimum absolute atomic E-state index is 0.0199. The molecule has 0 fully saturated rings. The molecule has 0 aromatic heterocycles. The van der Waals surface area contributed by atoms with Crippen LogP contribution >= 0.6 is 0 Å². The lowest BCUT2D eigenvalue weighted by atomic mass is 9.94. The van der Waals surface area contributed by atoms with Crippen LogP contribution in [-0.4, -0.2) is 48.3 Å². The molecule has 7 nitrogen and oxygen atoms in total. The van der Waals surface area contributed by atoms with Gasteiger partial charge in [0, 0.05) is 36.0 Å². The fourth-order valence-corrected chi connectivity index (χ4v) is 3.54. The number of nitrogens with zero attached hydrogens (tertiary/aromatic N) is 1. The van der Waals surface area contributed by atoms with Crippen molar-refractivity contribution in [3.05, 3.63) is 47.5 Å². The molecule has 0 atom stereocenters. The highest BCUT2D eigenvalue weighted by molar-refractivity contribution is 6.25. The molecule has 0 radical (unpaired) electrons. The van der Waals surface area contributed by atoms with E-state index in [1.807, 2.05) is 12.1 Å². The van der Waals surface area contributed by atoms with E-state index in [-0.39, 0.29) is 43.7 Å². The summed E-state index contributed by atoms with van der Waals surface area (Å²) in [6.07, 6.45) is 3.28. The van der Waals surface area contributed by atoms with Gasteiger partial charge in [0.25, 0.3) is 17.7 Å². The molecule has 2 aromatic carbocycles. The molecule has 0 saturated heterocycles. The zero-order valence-electron chi connectivity index (χ0n) is 17.1. The third kappa shape index (κ3) is 4.84. The zero-order chi connectivity index (χ0) is 21.5. The Balaban J connectivity index is 1.48. The maximum Gasteiger partial charge on any atom is 0.306 e. The molecule has 2 aromatic rings. The molecule has 0 aliphatic carbocycles. The van der Waals surface area contributed by atoms with Crippen LogP contribution in [0.4, 0.5) is 0 Å². The van der Waals surface area contributed by atoms with Crippen molar-refractivity contribution in [1.29, 1.82) is 0 Å². The van der Waals surface area contributed by atoms with Gasteiger partial charge in [-0.3, -0.25) is 24.1 Å². The number of hydrogen-bond acceptors (Lipinski definition) is 5. The van der Waals surface area contributed by atoms with Gasteiger partial charge in [-0.2, -0.15) is 0 Å². The molecule has 30 heavy (non-hydrogen) atoms. The van der Waals surface area contributed by atoms with Crippen molar-refractivity contribution >= 4 is 34.5 Å². The van der Waals surface area contributed by atoms with E-state index in [4.69, 9.17) is 4.74 Å². The number of benzene rings is 2. The minimum atomic E-state index is -0.530. The van der Waals surface area contributed by atoms with Gasteiger partial charge in [0.15, 0.2) is 6.61 Å². The Labute approximate surface area is 175 Å². The van der Waals surface area contributed by atoms with Gasteiger partial charge in [0.1, 0.15) is 0 Å². The Kier molecular flexibility index (Phi) is 7.17. The van der Waals surface area contributed by atoms with Crippen LogP contribution in [0.2, 0.25) is 0 Å². The standard InChI is InChI=1S/C23H26N2O5/c1-2-3-4-13-24-19(26)15-30-20(27)12-7-14-25-22(28)17-10-5-8-16-9-6-11-18(21(16)17)23(25)29/h5-6,8-11H,2-4,7,12-15H2,1H3,(H,24,26). The second-order valence-corrected chi connectivity index (χ2v) is 7.29. The maximum atomic E-state index is 12.8. The second-order valence-electron chi connectivity index (χ2n) is 7.29. The Hall–Kier alpha value is -3.22. The molecule has 1 N–H and O–H groups in total. The fourth-order valence-electron chi connectivity index (χ4n) is 3.54. The highest BCUT2D eigenvalue weighted by Gasteiger charge is 2.32. The average molecular weight is 410 g/mol. The van der Waals surface area contributed by atoms with Gasteiger partial charge >= 0.3 is 5.97 Å². The first-order valence-corrected chi connectivity index (χ1v) is 10.3. The summed E-state index contributed by atoms with van der Waals surface area (Å²) in [5.74, 6) is -1.57. The van der Waals surface area contributed by atoms with E-state index in [1.54, 1.807) is 24.3 Å². The number of amides is 3. The molecule has 1 aliphatic rings. The summed E-state index contributed by atoms with van der Waals surface area (Å²) in [6, 6.07) is 10.7. The number of ether oxygens (including phenoxy) is 1. The van der Waals surface area contributed by atoms with Crippen molar-refractivity contribution in [3.63, 3.8) is 0 Å². The Bertz CT molecular complexity index is 918. The van der Waals surface area contributed by atoms with E-state index in [1.165, 1.54) is 4.90 Å². The molecule has 1 aliphatic heterocycles. The Morgan fingerprint density at radius 2 is 1.63 bits per heavy atom. The van der Waals surface area contributed by atoms with Crippen LogP contribution < -0.4 is 5.32 Å². The van der Waals surface area contributed by atoms with E-state index in [9.17, 15) is 19.2 Å². The topological polar surface area (TPSA) is 92.8 Å². The van der Waals surface area contributed by atoms with Gasteiger partial charge in [-0.25, -0.2) is 0 Å². The van der Waals surface area contributed by atoms with E-state index in [0.717, 1.165) is 24.6 Å². The highest BCUT2D eigenvalue weighted by atomic mass is 16.5. The summed E-state index contributed by atoms with van der Waals surface area (Å²) in [4.78, 5) is 50.3. The number of esters is 1. The van der Waals surface area contributed by atoms with Gasteiger partial charge < -0.3 is 10.1 Å². The second kappa shape index (κ2) is 10.0.